The lowest BCUT2D eigenvalue weighted by molar-refractivity contribution is -0.136. The van der Waals surface area contributed by atoms with Crippen molar-refractivity contribution in [1.29, 1.82) is 0 Å². The minimum Gasteiger partial charge on any atom is -0.467 e. The van der Waals surface area contributed by atoms with E-state index in [1.54, 1.807) is 12.1 Å². The van der Waals surface area contributed by atoms with Crippen LogP contribution in [0.25, 0.3) is 16.7 Å². The Bertz CT molecular complexity index is 1350. The number of halogens is 4. The van der Waals surface area contributed by atoms with Gasteiger partial charge in [-0.25, -0.2) is 9.07 Å². The lowest BCUT2D eigenvalue weighted by atomic mass is 10.1. The molecule has 2 heterocycles. The molecule has 0 saturated heterocycles. The van der Waals surface area contributed by atoms with Gasteiger partial charge in [0.25, 0.3) is 5.91 Å². The van der Waals surface area contributed by atoms with Crippen molar-refractivity contribution in [2.24, 2.45) is 0 Å². The quantitative estimate of drug-likeness (QED) is 0.367. The van der Waals surface area contributed by atoms with E-state index >= 15 is 0 Å². The molecule has 1 N–H and O–H groups in total. The van der Waals surface area contributed by atoms with Gasteiger partial charge in [0, 0.05) is 12.6 Å². The molecular weight excluding hydrogens is 464 g/mol. The Kier molecular flexibility index (Phi) is 6.72. The average Bonchev–Trinajstić information content (AvgIpc) is 3.17. The van der Waals surface area contributed by atoms with Crippen LogP contribution in [0.1, 0.15) is 29.3 Å². The number of hydrogen-bond donors (Lipinski definition) is 1. The molecule has 2 aromatic heterocycles. The van der Waals surface area contributed by atoms with Gasteiger partial charge in [-0.2, -0.15) is 23.3 Å². The highest BCUT2D eigenvalue weighted by atomic mass is 19.4. The van der Waals surface area contributed by atoms with E-state index in [4.69, 9.17) is 4.74 Å². The van der Waals surface area contributed by atoms with Crippen LogP contribution in [0.15, 0.2) is 54.6 Å². The van der Waals surface area contributed by atoms with Crippen molar-refractivity contribution >= 4 is 16.9 Å². The number of aryl methyl sites for hydroxylation is 2. The molecule has 4 aromatic rings. The number of alkyl halides is 3. The molecule has 35 heavy (non-hydrogen) atoms. The van der Waals surface area contributed by atoms with Crippen molar-refractivity contribution < 1.29 is 27.1 Å². The molecule has 0 unspecified atom stereocenters. The smallest absolute Gasteiger partial charge is 0.417 e. The third-order valence-electron chi connectivity index (χ3n) is 5.44. The number of nitrogens with zero attached hydrogens (tertiary/aromatic N) is 3. The second-order valence-corrected chi connectivity index (χ2v) is 7.91. The van der Waals surface area contributed by atoms with E-state index in [1.165, 1.54) is 35.9 Å². The summed E-state index contributed by atoms with van der Waals surface area (Å²) in [5.41, 5.74) is 1.48. The van der Waals surface area contributed by atoms with Crippen molar-refractivity contribution in [1.82, 2.24) is 20.1 Å². The zero-order chi connectivity index (χ0) is 25.2. The molecular formula is C25H22F4N4O2. The fourth-order valence-electron chi connectivity index (χ4n) is 3.61. The van der Waals surface area contributed by atoms with Crippen molar-refractivity contribution in [2.75, 3.05) is 6.61 Å². The van der Waals surface area contributed by atoms with Crippen LogP contribution < -0.4 is 10.1 Å². The van der Waals surface area contributed by atoms with Crippen molar-refractivity contribution in [3.8, 4) is 11.6 Å². The highest BCUT2D eigenvalue weighted by Gasteiger charge is 2.36. The molecule has 0 aliphatic carbocycles. The fraction of sp³-hybridized carbons (Fsp3) is 0.240. The van der Waals surface area contributed by atoms with Gasteiger partial charge < -0.3 is 10.1 Å². The first-order valence-electron chi connectivity index (χ1n) is 10.9. The summed E-state index contributed by atoms with van der Waals surface area (Å²) in [6.45, 7) is 3.05. The Morgan fingerprint density at radius 3 is 2.34 bits per heavy atom. The number of amides is 1. The SMILES string of the molecule is CCc1ccc(-n2nc(C)c3c(C(F)(F)F)cc(OCC(=O)NCc4ccc(F)cc4)nc32)cc1. The van der Waals surface area contributed by atoms with Gasteiger partial charge in [0.1, 0.15) is 5.82 Å². The summed E-state index contributed by atoms with van der Waals surface area (Å²) in [5, 5.41) is 6.72. The van der Waals surface area contributed by atoms with Crippen LogP contribution in [-0.4, -0.2) is 27.3 Å². The maximum absolute atomic E-state index is 13.9. The first-order chi connectivity index (χ1) is 16.7. The van der Waals surface area contributed by atoms with Crippen LogP contribution in [0.2, 0.25) is 0 Å². The van der Waals surface area contributed by atoms with E-state index in [2.05, 4.69) is 15.4 Å². The zero-order valence-corrected chi connectivity index (χ0v) is 19.0. The van der Waals surface area contributed by atoms with Gasteiger partial charge in [0.05, 0.1) is 22.3 Å². The van der Waals surface area contributed by atoms with Crippen LogP contribution >= 0.6 is 0 Å². The molecule has 4 rings (SSSR count). The molecule has 0 fully saturated rings. The molecule has 0 radical (unpaired) electrons. The largest absolute Gasteiger partial charge is 0.467 e. The van der Waals surface area contributed by atoms with Crippen molar-refractivity contribution in [2.45, 2.75) is 33.0 Å². The third kappa shape index (κ3) is 5.42. The van der Waals surface area contributed by atoms with Crippen LogP contribution in [0.3, 0.4) is 0 Å². The van der Waals surface area contributed by atoms with Gasteiger partial charge >= 0.3 is 6.18 Å². The van der Waals surface area contributed by atoms with Crippen LogP contribution in [0.5, 0.6) is 5.88 Å². The Morgan fingerprint density at radius 2 is 1.71 bits per heavy atom. The summed E-state index contributed by atoms with van der Waals surface area (Å²) < 4.78 is 61.4. The van der Waals surface area contributed by atoms with E-state index in [0.717, 1.165) is 18.1 Å². The molecule has 6 nitrogen and oxygen atoms in total. The van der Waals surface area contributed by atoms with E-state index in [-0.39, 0.29) is 29.2 Å². The zero-order valence-electron chi connectivity index (χ0n) is 19.0. The number of rotatable bonds is 7. The van der Waals surface area contributed by atoms with Gasteiger partial charge in [0.15, 0.2) is 12.3 Å². The van der Waals surface area contributed by atoms with Gasteiger partial charge in [-0.3, -0.25) is 4.79 Å². The highest BCUT2D eigenvalue weighted by molar-refractivity contribution is 5.85. The number of pyridine rings is 1. The average molecular weight is 486 g/mol. The number of hydrogen-bond acceptors (Lipinski definition) is 4. The number of benzene rings is 2. The van der Waals surface area contributed by atoms with E-state index in [9.17, 15) is 22.4 Å². The molecule has 0 spiro atoms. The molecule has 0 bridgehead atoms. The van der Waals surface area contributed by atoms with Gasteiger partial charge in [-0.1, -0.05) is 31.2 Å². The first-order valence-corrected chi connectivity index (χ1v) is 10.9. The Labute approximate surface area is 198 Å². The number of fused-ring (bicyclic) bond motifs is 1. The predicted octanol–water partition coefficient (Wildman–Crippen LogP) is 5.14. The number of nitrogens with one attached hydrogen (secondary N) is 1. The summed E-state index contributed by atoms with van der Waals surface area (Å²) >= 11 is 0. The van der Waals surface area contributed by atoms with Crippen LogP contribution in [0, 0.1) is 12.7 Å². The number of carbonyl (C=O) groups is 1. The third-order valence-corrected chi connectivity index (χ3v) is 5.44. The topological polar surface area (TPSA) is 69.0 Å². The summed E-state index contributed by atoms with van der Waals surface area (Å²) in [7, 11) is 0. The molecule has 0 aliphatic rings. The fourth-order valence-corrected chi connectivity index (χ4v) is 3.61. The first kappa shape index (κ1) is 24.2. The summed E-state index contributed by atoms with van der Waals surface area (Å²) in [4.78, 5) is 16.4. The molecule has 2 aromatic carbocycles. The summed E-state index contributed by atoms with van der Waals surface area (Å²) in [6, 6.07) is 13.6. The number of carbonyl (C=O) groups excluding carboxylic acids is 1. The van der Waals surface area contributed by atoms with Crippen LogP contribution in [-0.2, 0) is 23.9 Å². The Hall–Kier alpha value is -3.95. The van der Waals surface area contributed by atoms with Gasteiger partial charge in [0.2, 0.25) is 5.88 Å². The normalized spacial score (nSPS) is 11.6. The Balaban J connectivity index is 1.61. The summed E-state index contributed by atoms with van der Waals surface area (Å²) in [5.74, 6) is -1.32. The molecule has 1 amide bonds. The molecule has 182 valence electrons. The lowest BCUT2D eigenvalue weighted by Crippen LogP contribution is -2.28. The van der Waals surface area contributed by atoms with Gasteiger partial charge in [-0.05, 0) is 48.7 Å². The highest BCUT2D eigenvalue weighted by Crippen LogP contribution is 2.38. The minimum atomic E-state index is -4.69. The molecule has 0 aliphatic heterocycles. The van der Waals surface area contributed by atoms with E-state index in [1.807, 2.05) is 19.1 Å². The maximum atomic E-state index is 13.9. The lowest BCUT2D eigenvalue weighted by Gasteiger charge is -2.12. The molecule has 10 heteroatoms. The molecule has 0 saturated carbocycles. The van der Waals surface area contributed by atoms with Gasteiger partial charge in [-0.15, -0.1) is 0 Å². The number of ether oxygens (including phenoxy) is 1. The van der Waals surface area contributed by atoms with Crippen LogP contribution in [0.4, 0.5) is 17.6 Å². The van der Waals surface area contributed by atoms with E-state index in [0.29, 0.717) is 11.3 Å². The Morgan fingerprint density at radius 1 is 1.06 bits per heavy atom. The second-order valence-electron chi connectivity index (χ2n) is 7.91. The molecule has 0 atom stereocenters. The standard InChI is InChI=1S/C25H22F4N4O2/c1-3-16-6-10-19(11-7-16)33-24-23(15(2)32-33)20(25(27,28)29)12-22(31-24)35-14-21(34)30-13-17-4-8-18(26)9-5-17/h4-12H,3,13-14H2,1-2H3,(H,30,34). The monoisotopic (exact) mass is 486 g/mol. The van der Waals surface area contributed by atoms with E-state index < -0.39 is 30.1 Å². The van der Waals surface area contributed by atoms with Crippen molar-refractivity contribution in [3.63, 3.8) is 0 Å². The maximum Gasteiger partial charge on any atom is 0.417 e. The second kappa shape index (κ2) is 9.73. The predicted molar refractivity (Wildman–Crippen MR) is 122 cm³/mol. The minimum absolute atomic E-state index is 0.0247. The number of aromatic nitrogens is 3. The summed E-state index contributed by atoms with van der Waals surface area (Å²) in [6.07, 6.45) is -3.87. The van der Waals surface area contributed by atoms with Crippen molar-refractivity contribution in [3.05, 3.63) is 82.8 Å².